The van der Waals surface area contributed by atoms with Crippen molar-refractivity contribution in [3.05, 3.63) is 29.8 Å². The van der Waals surface area contributed by atoms with Crippen molar-refractivity contribution in [3.63, 3.8) is 0 Å². The van der Waals surface area contributed by atoms with E-state index >= 15 is 0 Å². The van der Waals surface area contributed by atoms with E-state index in [0.717, 1.165) is 18.6 Å². The molecule has 0 bridgehead atoms. The van der Waals surface area contributed by atoms with Crippen molar-refractivity contribution in [1.82, 2.24) is 10.6 Å². The van der Waals surface area contributed by atoms with Crippen LogP contribution in [0.25, 0.3) is 0 Å². The Bertz CT molecular complexity index is 390. The molecule has 1 rings (SSSR count). The van der Waals surface area contributed by atoms with E-state index in [1.165, 1.54) is 5.56 Å². The summed E-state index contributed by atoms with van der Waals surface area (Å²) in [5, 5.41) is 5.79. The largest absolute Gasteiger partial charge is 0.481 e. The van der Waals surface area contributed by atoms with Gasteiger partial charge in [-0.2, -0.15) is 0 Å². The molecule has 0 spiro atoms. The van der Waals surface area contributed by atoms with Gasteiger partial charge in [0.1, 0.15) is 5.75 Å². The topological polar surface area (TPSA) is 50.4 Å². The second-order valence-corrected chi connectivity index (χ2v) is 4.75. The maximum atomic E-state index is 11.4. The summed E-state index contributed by atoms with van der Waals surface area (Å²) in [4.78, 5) is 11.4. The van der Waals surface area contributed by atoms with Crippen LogP contribution in [0.5, 0.6) is 5.75 Å². The van der Waals surface area contributed by atoms with Crippen LogP contribution < -0.4 is 15.4 Å². The molecule has 0 aliphatic carbocycles. The van der Waals surface area contributed by atoms with Crippen LogP contribution in [0.15, 0.2) is 24.3 Å². The highest BCUT2D eigenvalue weighted by Crippen LogP contribution is 2.15. The van der Waals surface area contributed by atoms with Crippen LogP contribution in [-0.2, 0) is 11.2 Å². The molecule has 2 N–H and O–H groups in total. The van der Waals surface area contributed by atoms with Gasteiger partial charge >= 0.3 is 0 Å². The Morgan fingerprint density at radius 3 is 2.37 bits per heavy atom. The predicted octanol–water partition coefficient (Wildman–Crippen LogP) is 1.74. The van der Waals surface area contributed by atoms with Crippen LogP contribution in [-0.4, -0.2) is 32.1 Å². The molecule has 0 fully saturated rings. The third kappa shape index (κ3) is 5.30. The number of rotatable bonds is 7. The van der Waals surface area contributed by atoms with Gasteiger partial charge in [0.2, 0.25) is 0 Å². The lowest BCUT2D eigenvalue weighted by Gasteiger charge is -2.14. The number of ether oxygens (including phenoxy) is 1. The summed E-state index contributed by atoms with van der Waals surface area (Å²) >= 11 is 0. The standard InChI is InChI=1S/C15H24N2O2/c1-11(16-3)5-6-13-7-9-14(10-8-13)19-12(2)15(18)17-4/h7-12,16H,5-6H2,1-4H3,(H,17,18). The number of aryl methyl sites for hydroxylation is 1. The lowest BCUT2D eigenvalue weighted by atomic mass is 10.1. The second kappa shape index (κ2) is 7.79. The number of benzene rings is 1. The minimum Gasteiger partial charge on any atom is -0.481 e. The molecule has 0 saturated heterocycles. The van der Waals surface area contributed by atoms with Crippen molar-refractivity contribution in [1.29, 1.82) is 0 Å². The first-order valence-electron chi connectivity index (χ1n) is 6.71. The number of hydrogen-bond acceptors (Lipinski definition) is 3. The van der Waals surface area contributed by atoms with Crippen molar-refractivity contribution in [2.45, 2.75) is 38.8 Å². The van der Waals surface area contributed by atoms with Crippen LogP contribution in [0, 0.1) is 0 Å². The zero-order chi connectivity index (χ0) is 14.3. The highest BCUT2D eigenvalue weighted by atomic mass is 16.5. The Labute approximate surface area is 115 Å². The molecule has 4 heteroatoms. The predicted molar refractivity (Wildman–Crippen MR) is 77.4 cm³/mol. The van der Waals surface area contributed by atoms with Gasteiger partial charge in [0.25, 0.3) is 5.91 Å². The summed E-state index contributed by atoms with van der Waals surface area (Å²) < 4.78 is 5.54. The van der Waals surface area contributed by atoms with Gasteiger partial charge in [0.15, 0.2) is 6.10 Å². The van der Waals surface area contributed by atoms with Gasteiger partial charge in [-0.05, 0) is 51.4 Å². The van der Waals surface area contributed by atoms with Gasteiger partial charge in [-0.15, -0.1) is 0 Å². The lowest BCUT2D eigenvalue weighted by Crippen LogP contribution is -2.33. The monoisotopic (exact) mass is 264 g/mol. The van der Waals surface area contributed by atoms with E-state index in [-0.39, 0.29) is 5.91 Å². The van der Waals surface area contributed by atoms with Crippen LogP contribution in [0.3, 0.4) is 0 Å². The Morgan fingerprint density at radius 1 is 1.21 bits per heavy atom. The van der Waals surface area contributed by atoms with Crippen LogP contribution in [0.1, 0.15) is 25.8 Å². The third-order valence-corrected chi connectivity index (χ3v) is 3.21. The average Bonchev–Trinajstić information content (AvgIpc) is 2.45. The van der Waals surface area contributed by atoms with Crippen LogP contribution >= 0.6 is 0 Å². The summed E-state index contributed by atoms with van der Waals surface area (Å²) in [5.74, 6) is 0.605. The Hall–Kier alpha value is -1.55. The van der Waals surface area contributed by atoms with Gasteiger partial charge in [-0.3, -0.25) is 4.79 Å². The van der Waals surface area contributed by atoms with Crippen molar-refractivity contribution >= 4 is 5.91 Å². The maximum Gasteiger partial charge on any atom is 0.260 e. The first-order valence-corrected chi connectivity index (χ1v) is 6.71. The lowest BCUT2D eigenvalue weighted by molar-refractivity contribution is -0.126. The molecule has 0 saturated carbocycles. The molecule has 1 amide bonds. The van der Waals surface area contributed by atoms with Gasteiger partial charge in [-0.1, -0.05) is 12.1 Å². The fourth-order valence-corrected chi connectivity index (χ4v) is 1.72. The van der Waals surface area contributed by atoms with E-state index < -0.39 is 6.10 Å². The highest BCUT2D eigenvalue weighted by Gasteiger charge is 2.12. The molecule has 0 aliphatic rings. The summed E-state index contributed by atoms with van der Waals surface area (Å²) in [6, 6.07) is 8.45. The van der Waals surface area contributed by atoms with E-state index in [2.05, 4.69) is 17.6 Å². The average molecular weight is 264 g/mol. The van der Waals surface area contributed by atoms with Crippen molar-refractivity contribution in [3.8, 4) is 5.75 Å². The number of nitrogens with one attached hydrogen (secondary N) is 2. The smallest absolute Gasteiger partial charge is 0.260 e. The molecule has 106 valence electrons. The molecule has 4 nitrogen and oxygen atoms in total. The van der Waals surface area contributed by atoms with Gasteiger partial charge in [0, 0.05) is 13.1 Å². The molecule has 0 aromatic heterocycles. The molecule has 2 unspecified atom stereocenters. The molecule has 0 radical (unpaired) electrons. The summed E-state index contributed by atoms with van der Waals surface area (Å²) in [5.41, 5.74) is 1.28. The Balaban J connectivity index is 2.49. The zero-order valence-electron chi connectivity index (χ0n) is 12.2. The number of amides is 1. The summed E-state index contributed by atoms with van der Waals surface area (Å²) in [7, 11) is 3.58. The van der Waals surface area contributed by atoms with E-state index in [9.17, 15) is 4.79 Å². The second-order valence-electron chi connectivity index (χ2n) is 4.75. The molecule has 0 aliphatic heterocycles. The minimum absolute atomic E-state index is 0.119. The SMILES string of the molecule is CNC(=O)C(C)Oc1ccc(CCC(C)NC)cc1. The van der Waals surface area contributed by atoms with Crippen molar-refractivity contribution in [2.75, 3.05) is 14.1 Å². The molecule has 1 aromatic carbocycles. The van der Waals surface area contributed by atoms with E-state index in [1.807, 2.05) is 31.3 Å². The maximum absolute atomic E-state index is 11.4. The van der Waals surface area contributed by atoms with E-state index in [4.69, 9.17) is 4.74 Å². The number of carbonyl (C=O) groups excluding carboxylic acids is 1. The number of likely N-dealkylation sites (N-methyl/N-ethyl adjacent to an activating group) is 1. The molecular formula is C15H24N2O2. The van der Waals surface area contributed by atoms with Gasteiger partial charge < -0.3 is 15.4 Å². The number of carbonyl (C=O) groups is 1. The normalized spacial score (nSPS) is 13.7. The minimum atomic E-state index is -0.472. The zero-order valence-corrected chi connectivity index (χ0v) is 12.2. The van der Waals surface area contributed by atoms with Gasteiger partial charge in [-0.25, -0.2) is 0 Å². The molecule has 19 heavy (non-hydrogen) atoms. The van der Waals surface area contributed by atoms with Crippen molar-refractivity contribution in [2.24, 2.45) is 0 Å². The summed E-state index contributed by atoms with van der Waals surface area (Å²) in [6.45, 7) is 3.91. The quantitative estimate of drug-likeness (QED) is 0.788. The van der Waals surface area contributed by atoms with Gasteiger partial charge in [0.05, 0.1) is 0 Å². The molecular weight excluding hydrogens is 240 g/mol. The fourth-order valence-electron chi connectivity index (χ4n) is 1.72. The number of hydrogen-bond donors (Lipinski definition) is 2. The fraction of sp³-hybridized carbons (Fsp3) is 0.533. The van der Waals surface area contributed by atoms with Crippen LogP contribution in [0.4, 0.5) is 0 Å². The van der Waals surface area contributed by atoms with E-state index in [0.29, 0.717) is 6.04 Å². The summed E-state index contributed by atoms with van der Waals surface area (Å²) in [6.07, 6.45) is 1.67. The Morgan fingerprint density at radius 2 is 1.84 bits per heavy atom. The molecule has 1 aromatic rings. The molecule has 0 heterocycles. The van der Waals surface area contributed by atoms with Crippen molar-refractivity contribution < 1.29 is 9.53 Å². The van der Waals surface area contributed by atoms with Crippen LogP contribution in [0.2, 0.25) is 0 Å². The first-order chi connectivity index (χ1) is 9.06. The van der Waals surface area contributed by atoms with E-state index in [1.54, 1.807) is 14.0 Å². The molecule has 2 atom stereocenters. The third-order valence-electron chi connectivity index (χ3n) is 3.21. The first kappa shape index (κ1) is 15.5. The highest BCUT2D eigenvalue weighted by molar-refractivity contribution is 5.80. The Kier molecular flexibility index (Phi) is 6.36.